The fourth-order valence-corrected chi connectivity index (χ4v) is 3.21. The topological polar surface area (TPSA) is 0 Å². The molecule has 109 valence electrons. The van der Waals surface area contributed by atoms with E-state index >= 15 is 0 Å². The Morgan fingerprint density at radius 3 is 2.25 bits per heavy atom. The summed E-state index contributed by atoms with van der Waals surface area (Å²) >= 11 is 0. The Labute approximate surface area is 155 Å². The van der Waals surface area contributed by atoms with E-state index in [2.05, 4.69) is 52.8 Å². The summed E-state index contributed by atoms with van der Waals surface area (Å²) in [4.78, 5) is 0. The molecule has 0 saturated carbocycles. The Balaban J connectivity index is 0. The van der Waals surface area contributed by atoms with Crippen LogP contribution in [-0.4, -0.2) is 0 Å². The molecule has 0 heterocycles. The minimum absolute atomic E-state index is 0. The van der Waals surface area contributed by atoms with E-state index in [1.165, 1.54) is 29.6 Å². The zero-order chi connectivity index (χ0) is 12.6. The number of halogens is 2. The fraction of sp³-hybridized carbons (Fsp3) is 0.529. The minimum atomic E-state index is 0. The third-order valence-corrected chi connectivity index (χ3v) is 4.31. The largest absolute Gasteiger partial charge is 3.00 e. The normalized spacial score (nSPS) is 19.4. The van der Waals surface area contributed by atoms with Crippen molar-refractivity contribution in [1.82, 2.24) is 0 Å². The molecule has 20 heavy (non-hydrogen) atoms. The Morgan fingerprint density at radius 1 is 1.20 bits per heavy atom. The van der Waals surface area contributed by atoms with Gasteiger partial charge in [-0.25, -0.2) is 0 Å². The van der Waals surface area contributed by atoms with Crippen molar-refractivity contribution in [2.45, 2.75) is 53.9 Å². The first kappa shape index (κ1) is 22.7. The van der Waals surface area contributed by atoms with Gasteiger partial charge in [-0.15, -0.1) is 11.6 Å². The van der Waals surface area contributed by atoms with Crippen molar-refractivity contribution in [2.75, 3.05) is 0 Å². The van der Waals surface area contributed by atoms with Crippen molar-refractivity contribution >= 4 is 0 Å². The summed E-state index contributed by atoms with van der Waals surface area (Å²) in [5, 5.41) is 0. The molecule has 0 aromatic carbocycles. The van der Waals surface area contributed by atoms with E-state index in [0.29, 0.717) is 0 Å². The van der Waals surface area contributed by atoms with E-state index in [-0.39, 0.29) is 56.4 Å². The average molecular weight is 390 g/mol. The molecule has 0 aliphatic heterocycles. The predicted molar refractivity (Wildman–Crippen MR) is 74.6 cm³/mol. The molecule has 1 radical (unpaired) electrons. The molecule has 0 saturated heterocycles. The number of hydrogen-bond donors (Lipinski definition) is 0. The van der Waals surface area contributed by atoms with Crippen molar-refractivity contribution in [3.8, 4) is 0 Å². The molecule has 2 aliphatic rings. The molecule has 0 atom stereocenters. The molecule has 0 spiro atoms. The van der Waals surface area contributed by atoms with Crippen molar-refractivity contribution in [2.24, 2.45) is 5.41 Å². The summed E-state index contributed by atoms with van der Waals surface area (Å²) in [5.74, 6) is 0. The van der Waals surface area contributed by atoms with Gasteiger partial charge in [0.25, 0.3) is 0 Å². The zero-order valence-corrected chi connectivity index (χ0v) is 17.0. The third-order valence-electron chi connectivity index (χ3n) is 4.31. The van der Waals surface area contributed by atoms with E-state index in [1.807, 2.05) is 0 Å². The van der Waals surface area contributed by atoms with Crippen LogP contribution in [0.1, 0.15) is 53.9 Å². The Hall–Kier alpha value is 0.423. The second kappa shape index (κ2) is 8.77. The fourth-order valence-electron chi connectivity index (χ4n) is 3.21. The second-order valence-corrected chi connectivity index (χ2v) is 5.68. The first-order valence-electron chi connectivity index (χ1n) is 6.69. The Morgan fingerprint density at radius 2 is 1.80 bits per heavy atom. The van der Waals surface area contributed by atoms with Crippen LogP contribution in [0.3, 0.4) is 0 Å². The van der Waals surface area contributed by atoms with Crippen molar-refractivity contribution in [3.63, 3.8) is 0 Å². The quantitative estimate of drug-likeness (QED) is 0.552. The molecule has 0 nitrogen and oxygen atoms in total. The molecule has 2 rings (SSSR count). The summed E-state index contributed by atoms with van der Waals surface area (Å²) in [6.45, 7) is 11.6. The van der Waals surface area contributed by atoms with Gasteiger partial charge in [-0.3, -0.25) is 0 Å². The summed E-state index contributed by atoms with van der Waals surface area (Å²) < 4.78 is 0. The van der Waals surface area contributed by atoms with Gasteiger partial charge >= 0.3 is 26.2 Å². The van der Waals surface area contributed by atoms with Gasteiger partial charge in [0.1, 0.15) is 0 Å². The molecule has 3 heteroatoms. The molecule has 0 bridgehead atoms. The van der Waals surface area contributed by atoms with Gasteiger partial charge < -0.3 is 24.8 Å². The summed E-state index contributed by atoms with van der Waals surface area (Å²) in [7, 11) is 0. The van der Waals surface area contributed by atoms with Gasteiger partial charge in [0.05, 0.1) is 0 Å². The average Bonchev–Trinajstić information content (AvgIpc) is 2.82. The summed E-state index contributed by atoms with van der Waals surface area (Å²) in [5.41, 5.74) is 7.67. The van der Waals surface area contributed by atoms with Crippen LogP contribution >= 0.6 is 0 Å². The van der Waals surface area contributed by atoms with Crippen LogP contribution in [0.15, 0.2) is 40.0 Å². The van der Waals surface area contributed by atoms with Crippen LogP contribution in [0.4, 0.5) is 0 Å². The van der Waals surface area contributed by atoms with Gasteiger partial charge in [0, 0.05) is 0 Å². The molecule has 2 aliphatic carbocycles. The number of rotatable bonds is 3. The van der Waals surface area contributed by atoms with Crippen LogP contribution in [0.25, 0.3) is 0 Å². The molecular weight excluding hydrogens is 366 g/mol. The Bertz CT molecular complexity index is 465. The van der Waals surface area contributed by atoms with Crippen molar-refractivity contribution in [3.05, 3.63) is 46.1 Å². The molecule has 0 N–H and O–H groups in total. The summed E-state index contributed by atoms with van der Waals surface area (Å²) in [6, 6.07) is 0. The number of allylic oxidation sites excluding steroid dienone is 8. The van der Waals surface area contributed by atoms with E-state index in [0.717, 1.165) is 6.42 Å². The molecule has 0 aromatic rings. The maximum Gasteiger partial charge on any atom is 3.00 e. The smallest absolute Gasteiger partial charge is 1.00 e. The molecule has 0 amide bonds. The zero-order valence-electron chi connectivity index (χ0n) is 13.0. The maximum absolute atomic E-state index is 3.49. The van der Waals surface area contributed by atoms with Crippen LogP contribution < -0.4 is 24.8 Å². The molecular formula is C17H23Cl2Zr. The summed E-state index contributed by atoms with van der Waals surface area (Å²) in [6.07, 6.45) is 11.3. The van der Waals surface area contributed by atoms with Crippen molar-refractivity contribution in [1.29, 1.82) is 0 Å². The van der Waals surface area contributed by atoms with E-state index in [4.69, 9.17) is 0 Å². The molecule has 0 fully saturated rings. The number of hydrogen-bond acceptors (Lipinski definition) is 0. The predicted octanol–water partition coefficient (Wildman–Crippen LogP) is -0.846. The minimum Gasteiger partial charge on any atom is -1.00 e. The Kier molecular flexibility index (Phi) is 9.95. The van der Waals surface area contributed by atoms with Crippen LogP contribution in [-0.2, 0) is 26.2 Å². The monoisotopic (exact) mass is 387 g/mol. The second-order valence-electron chi connectivity index (χ2n) is 5.68. The van der Waals surface area contributed by atoms with Gasteiger partial charge in [0.15, 0.2) is 0 Å². The molecule has 0 unspecified atom stereocenters. The van der Waals surface area contributed by atoms with Gasteiger partial charge in [-0.2, -0.15) is 17.7 Å². The van der Waals surface area contributed by atoms with Gasteiger partial charge in [-0.05, 0) is 18.8 Å². The maximum atomic E-state index is 3.49. The van der Waals surface area contributed by atoms with Crippen LogP contribution in [0.5, 0.6) is 0 Å². The van der Waals surface area contributed by atoms with Crippen LogP contribution in [0.2, 0.25) is 0 Å². The van der Waals surface area contributed by atoms with E-state index in [9.17, 15) is 0 Å². The van der Waals surface area contributed by atoms with E-state index < -0.39 is 0 Å². The van der Waals surface area contributed by atoms with Crippen molar-refractivity contribution < 1.29 is 51.0 Å². The first-order chi connectivity index (χ1) is 8.00. The standard InChI is InChI=1S/C17H23.2ClH.Zr/c1-6-9-15-12(2)16(14-10-7-8-11-14)17(4,5)13(15)3;;;/h7,10H,6,8-9H2,1-5H3;2*1H;/q-1;;;+3/p-2. The SMILES string of the molecule is CCCC1=C(C)C(C)(C)C(C2=[C-]CC=C2)=C1C.[Cl-].[Cl-].[Zr+3]. The van der Waals surface area contributed by atoms with Gasteiger partial charge in [0.2, 0.25) is 0 Å². The van der Waals surface area contributed by atoms with E-state index in [1.54, 1.807) is 11.1 Å². The van der Waals surface area contributed by atoms with Crippen LogP contribution in [0, 0.1) is 11.5 Å². The first-order valence-corrected chi connectivity index (χ1v) is 6.69. The molecule has 0 aromatic heterocycles. The third kappa shape index (κ3) is 3.79. The van der Waals surface area contributed by atoms with Gasteiger partial charge in [-0.1, -0.05) is 57.3 Å².